The molecule has 0 radical (unpaired) electrons. The number of esters is 2. The van der Waals surface area contributed by atoms with Crippen LogP contribution in [0.25, 0.3) is 0 Å². The van der Waals surface area contributed by atoms with Crippen LogP contribution in [0.5, 0.6) is 11.5 Å². The molecule has 0 saturated carbocycles. The van der Waals surface area contributed by atoms with Gasteiger partial charge in [-0.2, -0.15) is 15.1 Å². The van der Waals surface area contributed by atoms with Gasteiger partial charge in [0.1, 0.15) is 41.5 Å². The van der Waals surface area contributed by atoms with E-state index in [1.54, 1.807) is 97.1 Å². The van der Waals surface area contributed by atoms with Gasteiger partial charge in [0.2, 0.25) is 0 Å². The molecule has 6 aromatic carbocycles. The Morgan fingerprint density at radius 3 is 1.53 bits per heavy atom. The molecular formula is C66H60N6O22P2. The molecule has 2 aromatic heterocycles. The normalized spacial score (nSPS) is 19.8. The number of carbonyl (C=O) groups is 3. The monoisotopic (exact) mass is 1350 g/mol. The van der Waals surface area contributed by atoms with E-state index < -0.39 is 137 Å². The summed E-state index contributed by atoms with van der Waals surface area (Å²) in [7, 11) is -8.07. The molecule has 2 saturated heterocycles. The lowest BCUT2D eigenvalue weighted by atomic mass is 9.80. The fraction of sp³-hybridized carbons (Fsp3) is 0.258. The van der Waals surface area contributed by atoms with Crippen LogP contribution in [-0.4, -0.2) is 119 Å². The summed E-state index contributed by atoms with van der Waals surface area (Å²) in [4.78, 5) is 111. The van der Waals surface area contributed by atoms with Gasteiger partial charge in [0.25, 0.3) is 17.0 Å². The molecule has 1 unspecified atom stereocenters. The highest BCUT2D eigenvalue weighted by Gasteiger charge is 2.57. The molecule has 2 fully saturated rings. The third kappa shape index (κ3) is 15.7. The Labute approximate surface area is 546 Å². The highest BCUT2D eigenvalue weighted by atomic mass is 31.2. The van der Waals surface area contributed by atoms with E-state index in [9.17, 15) is 49.0 Å². The minimum absolute atomic E-state index is 0.0491. The molecule has 9 atom stereocenters. The van der Waals surface area contributed by atoms with E-state index in [0.29, 0.717) is 32.8 Å². The first-order valence-corrected chi connectivity index (χ1v) is 32.4. The van der Waals surface area contributed by atoms with E-state index in [2.05, 4.69) is 4.98 Å². The second-order valence-corrected chi connectivity index (χ2v) is 24.1. The van der Waals surface area contributed by atoms with E-state index in [0.717, 1.165) is 29.1 Å². The van der Waals surface area contributed by atoms with Crippen molar-refractivity contribution in [1.29, 1.82) is 10.5 Å². The maximum atomic E-state index is 15.2. The van der Waals surface area contributed by atoms with Crippen molar-refractivity contribution in [3.05, 3.63) is 269 Å². The summed E-state index contributed by atoms with van der Waals surface area (Å²) in [6, 6.07) is 50.0. The van der Waals surface area contributed by atoms with Crippen molar-refractivity contribution < 1.29 is 84.2 Å². The molecule has 496 valence electrons. The Bertz CT molecular complexity index is 4400. The Morgan fingerprint density at radius 1 is 0.552 bits per heavy atom. The minimum atomic E-state index is -5.90. The molecular weight excluding hydrogens is 1290 g/mol. The van der Waals surface area contributed by atoms with Gasteiger partial charge in [-0.15, -0.1) is 0 Å². The van der Waals surface area contributed by atoms with E-state index in [-0.39, 0.29) is 34.1 Å². The number of hydrogen-bond acceptors (Lipinski definition) is 23. The number of ether oxygens (including phenoxy) is 7. The molecule has 0 aliphatic carbocycles. The number of nitrogens with zero attached hydrogens (tertiary/aromatic N) is 5. The Balaban J connectivity index is 1.07. The number of phosphoric ester groups is 2. The minimum Gasteiger partial charge on any atom is -0.497 e. The lowest BCUT2D eigenvalue weighted by molar-refractivity contribution is -0.0960. The van der Waals surface area contributed by atoms with Crippen LogP contribution < -0.4 is 32.0 Å². The molecule has 30 heteroatoms. The van der Waals surface area contributed by atoms with Crippen LogP contribution in [0.15, 0.2) is 214 Å². The van der Waals surface area contributed by atoms with E-state index in [4.69, 9.17) is 55.8 Å². The van der Waals surface area contributed by atoms with Crippen LogP contribution in [0.2, 0.25) is 0 Å². The summed E-state index contributed by atoms with van der Waals surface area (Å²) in [6.45, 7) is -3.10. The number of rotatable bonds is 28. The zero-order valence-electron chi connectivity index (χ0n) is 51.0. The molecule has 2 aliphatic rings. The van der Waals surface area contributed by atoms with Crippen molar-refractivity contribution in [3.8, 4) is 23.6 Å². The van der Waals surface area contributed by atoms with E-state index in [1.807, 2.05) is 12.1 Å². The van der Waals surface area contributed by atoms with Crippen LogP contribution in [-0.2, 0) is 61.0 Å². The number of aromatic amines is 1. The number of aromatic nitrogens is 4. The van der Waals surface area contributed by atoms with Gasteiger partial charge in [-0.25, -0.2) is 28.3 Å². The number of carbonyl (C=O) groups excluding carboxylic acids is 3. The maximum absolute atomic E-state index is 15.2. The van der Waals surface area contributed by atoms with Gasteiger partial charge in [-0.1, -0.05) is 109 Å². The van der Waals surface area contributed by atoms with Gasteiger partial charge in [-0.05, 0) is 77.4 Å². The number of nitriles is 2. The number of methoxy groups -OCH3 is 2. The fourth-order valence-electron chi connectivity index (χ4n) is 10.7. The first kappa shape index (κ1) is 68.8. The summed E-state index contributed by atoms with van der Waals surface area (Å²) in [6.07, 6.45) is -14.6. The molecule has 0 spiro atoms. The summed E-state index contributed by atoms with van der Waals surface area (Å²) in [5, 5.41) is 19.1. The predicted octanol–water partition coefficient (Wildman–Crippen LogP) is 7.38. The zero-order chi connectivity index (χ0) is 68.0. The SMILES string of the molecule is COc1ccc(C(OC[C@H]2O[C@@H](n3ccc(=O)[nH]c3=O)[C@H](OP(=O)(O)OC[C@H]3O[C@@H](n4ccc(=O)n(C(=O)c5ccccc5)c4=O)[C@H](OC(=O)c4ccccc4)[C@@H]3OC(=O)c3ccccc3)[C@@H]2OP(=O)(OCCC#N)OCCC#N)(c2ccccc2)c2ccc(OC)cc2)cc1. The van der Waals surface area contributed by atoms with Crippen molar-refractivity contribution in [3.63, 3.8) is 0 Å². The van der Waals surface area contributed by atoms with Crippen LogP contribution in [0, 0.1) is 22.7 Å². The van der Waals surface area contributed by atoms with Crippen molar-refractivity contribution >= 4 is 33.5 Å². The maximum Gasteiger partial charge on any atom is 0.475 e. The molecule has 96 heavy (non-hydrogen) atoms. The third-order valence-electron chi connectivity index (χ3n) is 15.2. The molecule has 2 N–H and O–H groups in total. The van der Waals surface area contributed by atoms with Crippen molar-refractivity contribution in [1.82, 2.24) is 18.7 Å². The highest BCUT2D eigenvalue weighted by Crippen LogP contribution is 2.57. The van der Waals surface area contributed by atoms with Gasteiger partial charge >= 0.3 is 39.0 Å². The van der Waals surface area contributed by atoms with Crippen molar-refractivity contribution in [2.75, 3.05) is 40.6 Å². The summed E-state index contributed by atoms with van der Waals surface area (Å²) in [5.74, 6) is -2.26. The predicted molar refractivity (Wildman–Crippen MR) is 335 cm³/mol. The van der Waals surface area contributed by atoms with Gasteiger partial charge in [0.15, 0.2) is 24.7 Å². The quantitative estimate of drug-likeness (QED) is 0.0209. The highest BCUT2D eigenvalue weighted by molar-refractivity contribution is 7.48. The average molecular weight is 1350 g/mol. The van der Waals surface area contributed by atoms with Gasteiger partial charge in [0.05, 0.1) is 76.8 Å². The largest absolute Gasteiger partial charge is 0.497 e. The van der Waals surface area contributed by atoms with Gasteiger partial charge < -0.3 is 38.1 Å². The first-order chi connectivity index (χ1) is 46.4. The van der Waals surface area contributed by atoms with Crippen LogP contribution in [0.3, 0.4) is 0 Å². The third-order valence-corrected chi connectivity index (χ3v) is 17.7. The number of benzene rings is 6. The molecule has 10 rings (SSSR count). The van der Waals surface area contributed by atoms with E-state index in [1.165, 1.54) is 87.0 Å². The smallest absolute Gasteiger partial charge is 0.475 e. The number of nitrogens with one attached hydrogen (secondary N) is 1. The number of phosphoric acid groups is 2. The number of hydrogen-bond donors (Lipinski definition) is 2. The topological polar surface area (TPSA) is 363 Å². The summed E-state index contributed by atoms with van der Waals surface area (Å²) in [5.41, 5.74) is -4.83. The summed E-state index contributed by atoms with van der Waals surface area (Å²) < 4.78 is 105. The van der Waals surface area contributed by atoms with Crippen LogP contribution in [0.1, 0.15) is 73.1 Å². The molecule has 2 aliphatic heterocycles. The van der Waals surface area contributed by atoms with Crippen molar-refractivity contribution in [2.45, 2.75) is 67.5 Å². The van der Waals surface area contributed by atoms with E-state index >= 15 is 9.13 Å². The summed E-state index contributed by atoms with van der Waals surface area (Å²) >= 11 is 0. The Morgan fingerprint density at radius 2 is 1.02 bits per heavy atom. The fourth-order valence-corrected chi connectivity index (χ4v) is 13.0. The van der Waals surface area contributed by atoms with Gasteiger partial charge in [-0.3, -0.25) is 51.1 Å². The second kappa shape index (κ2) is 31.0. The average Bonchev–Trinajstić information content (AvgIpc) is 1.16. The second-order valence-electron chi connectivity index (χ2n) is 21.1. The molecule has 4 heterocycles. The van der Waals surface area contributed by atoms with Crippen LogP contribution >= 0.6 is 15.6 Å². The lowest BCUT2D eigenvalue weighted by Gasteiger charge is -2.37. The van der Waals surface area contributed by atoms with Crippen LogP contribution in [0.4, 0.5) is 0 Å². The standard InChI is InChI=1S/C66H60N6O22P2/c1-83-49-29-25-47(26-30-49)66(46-23-13-6-14-24-46,48-27-31-50(84-2)32-28-48)85-41-51-56(94-96(82,86-39-15-35-67)87-40-16-36-68)58(61(89-51)70-37-33-53(73)69-64(70)78)93-95(80,81)88-42-52-55(91-62(76)44-19-9-4-10-20-44)57(92-63(77)45-21-11-5-12-22-45)60(90-52)71-38-34-54(74)72(65(71)79)59(75)43-17-7-3-8-18-43/h3-14,17-34,37-38,51-52,55-58,60-61H,15-16,39-42H2,1-2H3,(H,80,81)(H,69,73,78)/t51-,52-,55-,56-,57-,58-,60-,61-/m1/s1. The molecule has 28 nitrogen and oxygen atoms in total. The molecule has 0 bridgehead atoms. The number of H-pyrrole nitrogens is 1. The zero-order valence-corrected chi connectivity index (χ0v) is 52.8. The van der Waals surface area contributed by atoms with Crippen molar-refractivity contribution in [2.24, 2.45) is 0 Å². The van der Waals surface area contributed by atoms with Gasteiger partial charge in [0, 0.05) is 30.1 Å². The lowest BCUT2D eigenvalue weighted by Crippen LogP contribution is -2.47. The Hall–Kier alpha value is -10.0. The molecule has 8 aromatic rings. The Kier molecular flexibility index (Phi) is 22.2. The first-order valence-electron chi connectivity index (χ1n) is 29.4. The molecule has 0 amide bonds.